The molecule has 3 aromatic rings. The fourth-order valence-corrected chi connectivity index (χ4v) is 3.47. The van der Waals surface area contributed by atoms with Gasteiger partial charge in [-0.15, -0.1) is 0 Å². The van der Waals surface area contributed by atoms with Gasteiger partial charge in [0, 0.05) is 16.7 Å². The summed E-state index contributed by atoms with van der Waals surface area (Å²) in [7, 11) is 0. The zero-order valence-corrected chi connectivity index (χ0v) is 21.6. The fraction of sp³-hybridized carbons (Fsp3) is 0.312. The summed E-state index contributed by atoms with van der Waals surface area (Å²) < 4.78 is 68.2. The highest BCUT2D eigenvalue weighted by molar-refractivity contribution is 5.50. The average molecular weight is 523 g/mol. The van der Waals surface area contributed by atoms with Crippen LogP contribution in [0.3, 0.4) is 0 Å². The molecule has 0 atom stereocenters. The first-order chi connectivity index (χ1) is 18.4. The van der Waals surface area contributed by atoms with E-state index in [1.165, 1.54) is 0 Å². The molecule has 3 aromatic carbocycles. The lowest BCUT2D eigenvalue weighted by Gasteiger charge is -2.10. The lowest BCUT2D eigenvalue weighted by atomic mass is 10.1. The Bertz CT molecular complexity index is 1300. The van der Waals surface area contributed by atoms with Crippen molar-refractivity contribution in [3.05, 3.63) is 94.1 Å². The normalized spacial score (nSPS) is 10.3. The van der Waals surface area contributed by atoms with Crippen molar-refractivity contribution < 1.29 is 27.0 Å². The summed E-state index contributed by atoms with van der Waals surface area (Å²) in [6, 6.07) is 14.1. The molecule has 0 radical (unpaired) electrons. The monoisotopic (exact) mass is 522 g/mol. The van der Waals surface area contributed by atoms with Gasteiger partial charge in [-0.3, -0.25) is 0 Å². The number of hydrogen-bond acceptors (Lipinski definition) is 2. The summed E-state index contributed by atoms with van der Waals surface area (Å²) in [5.74, 6) is 4.24. The number of hydrogen-bond donors (Lipinski definition) is 0. The Morgan fingerprint density at radius 1 is 0.526 bits per heavy atom. The Balaban J connectivity index is 1.67. The number of benzene rings is 3. The van der Waals surface area contributed by atoms with Gasteiger partial charge in [-0.2, -0.15) is 8.78 Å². The Hall–Kier alpha value is -3.90. The summed E-state index contributed by atoms with van der Waals surface area (Å²) in [4.78, 5) is 0. The molecule has 0 saturated carbocycles. The minimum absolute atomic E-state index is 0.0420. The van der Waals surface area contributed by atoms with E-state index in [9.17, 15) is 17.6 Å². The first-order valence-electron chi connectivity index (χ1n) is 12.8. The first-order valence-corrected chi connectivity index (χ1v) is 12.8. The van der Waals surface area contributed by atoms with E-state index < -0.39 is 34.6 Å². The van der Waals surface area contributed by atoms with Crippen molar-refractivity contribution in [2.45, 2.75) is 52.4 Å². The topological polar surface area (TPSA) is 18.5 Å². The van der Waals surface area contributed by atoms with Crippen LogP contribution in [0.1, 0.15) is 74.6 Å². The maximum absolute atomic E-state index is 14.4. The Morgan fingerprint density at radius 2 is 0.947 bits per heavy atom. The lowest BCUT2D eigenvalue weighted by Crippen LogP contribution is -2.08. The van der Waals surface area contributed by atoms with Crippen LogP contribution in [0.15, 0.2) is 48.5 Å². The molecule has 6 heteroatoms. The second-order valence-corrected chi connectivity index (χ2v) is 8.67. The van der Waals surface area contributed by atoms with Gasteiger partial charge >= 0.3 is 0 Å². The highest BCUT2D eigenvalue weighted by atomic mass is 19.2. The van der Waals surface area contributed by atoms with Crippen LogP contribution in [0.25, 0.3) is 0 Å². The highest BCUT2D eigenvalue weighted by Crippen LogP contribution is 2.30. The summed E-state index contributed by atoms with van der Waals surface area (Å²) in [6.45, 7) is 4.74. The first kappa shape index (κ1) is 28.7. The van der Waals surface area contributed by atoms with E-state index in [2.05, 4.69) is 30.6 Å². The number of ether oxygens (including phenoxy) is 2. The standard InChI is InChI=1S/C32H30F4O2/c1-3-5-7-21-37-26-18-15-25(16-19-26)14-11-23-9-12-24(13-10-23)17-20-27-28(33)30(35)32(31(36)29(27)34)38-22-8-6-4-2/h9-10,12-13,15-16,18-19H,3-8,21-22H2,1-2H3. The molecule has 0 saturated heterocycles. The molecule has 198 valence electrons. The van der Waals surface area contributed by atoms with Crippen molar-refractivity contribution >= 4 is 0 Å². The molecule has 2 nitrogen and oxygen atoms in total. The van der Waals surface area contributed by atoms with E-state index >= 15 is 0 Å². The van der Waals surface area contributed by atoms with Crippen molar-refractivity contribution in [2.24, 2.45) is 0 Å². The van der Waals surface area contributed by atoms with E-state index in [-0.39, 0.29) is 6.61 Å². The van der Waals surface area contributed by atoms with Crippen molar-refractivity contribution in [3.63, 3.8) is 0 Å². The molecule has 0 fully saturated rings. The van der Waals surface area contributed by atoms with Crippen LogP contribution in [-0.4, -0.2) is 13.2 Å². The molecule has 0 aliphatic heterocycles. The summed E-state index contributed by atoms with van der Waals surface area (Å²) in [5, 5.41) is 0. The molecule has 0 bridgehead atoms. The second-order valence-electron chi connectivity index (χ2n) is 8.67. The van der Waals surface area contributed by atoms with Crippen molar-refractivity contribution in [2.75, 3.05) is 13.2 Å². The van der Waals surface area contributed by atoms with Gasteiger partial charge in [0.2, 0.25) is 11.6 Å². The van der Waals surface area contributed by atoms with E-state index in [4.69, 9.17) is 9.47 Å². The Labute approximate surface area is 222 Å². The maximum atomic E-state index is 14.4. The summed E-state index contributed by atoms with van der Waals surface area (Å²) in [6.07, 6.45) is 5.45. The molecule has 0 unspecified atom stereocenters. The van der Waals surface area contributed by atoms with Gasteiger partial charge in [-0.1, -0.05) is 63.2 Å². The van der Waals surface area contributed by atoms with Gasteiger partial charge < -0.3 is 9.47 Å². The molecule has 0 aliphatic carbocycles. The van der Waals surface area contributed by atoms with Crippen LogP contribution < -0.4 is 9.47 Å². The van der Waals surface area contributed by atoms with Crippen LogP contribution in [0.2, 0.25) is 0 Å². The third-order valence-electron chi connectivity index (χ3n) is 5.66. The number of halogens is 4. The molecule has 0 N–H and O–H groups in total. The SMILES string of the molecule is CCCCCOc1ccc(C#Cc2ccc(C#Cc3c(F)c(F)c(OCCCCC)c(F)c3F)cc2)cc1. The molecule has 0 amide bonds. The molecular formula is C32H30F4O2. The third kappa shape index (κ3) is 8.05. The van der Waals surface area contributed by atoms with Gasteiger partial charge in [-0.25, -0.2) is 8.78 Å². The van der Waals surface area contributed by atoms with Crippen LogP contribution in [0, 0.1) is 47.0 Å². The van der Waals surface area contributed by atoms with Crippen LogP contribution in [-0.2, 0) is 0 Å². The zero-order chi connectivity index (χ0) is 27.3. The molecule has 0 spiro atoms. The smallest absolute Gasteiger partial charge is 0.205 e. The summed E-state index contributed by atoms with van der Waals surface area (Å²) >= 11 is 0. The molecule has 0 aliphatic rings. The maximum Gasteiger partial charge on any atom is 0.205 e. The lowest BCUT2D eigenvalue weighted by molar-refractivity contribution is 0.264. The molecule has 0 heterocycles. The fourth-order valence-electron chi connectivity index (χ4n) is 3.47. The third-order valence-corrected chi connectivity index (χ3v) is 5.66. The van der Waals surface area contributed by atoms with Crippen LogP contribution in [0.4, 0.5) is 17.6 Å². The highest BCUT2D eigenvalue weighted by Gasteiger charge is 2.25. The zero-order valence-electron chi connectivity index (χ0n) is 21.6. The number of rotatable bonds is 10. The predicted molar refractivity (Wildman–Crippen MR) is 141 cm³/mol. The quantitative estimate of drug-likeness (QED) is 0.116. The molecule has 3 rings (SSSR count). The molecule has 0 aromatic heterocycles. The van der Waals surface area contributed by atoms with Crippen LogP contribution >= 0.6 is 0 Å². The van der Waals surface area contributed by atoms with Gasteiger partial charge in [-0.05, 0) is 61.4 Å². The predicted octanol–water partition coefficient (Wildman–Crippen LogP) is 8.18. The van der Waals surface area contributed by atoms with Crippen LogP contribution in [0.5, 0.6) is 11.5 Å². The molecular weight excluding hydrogens is 492 g/mol. The van der Waals surface area contributed by atoms with Gasteiger partial charge in [0.25, 0.3) is 0 Å². The molecule has 38 heavy (non-hydrogen) atoms. The number of unbranched alkanes of at least 4 members (excludes halogenated alkanes) is 4. The van der Waals surface area contributed by atoms with Gasteiger partial charge in [0.05, 0.1) is 13.2 Å². The van der Waals surface area contributed by atoms with Gasteiger partial charge in [0.1, 0.15) is 11.3 Å². The Morgan fingerprint density at radius 3 is 1.42 bits per heavy atom. The minimum atomic E-state index is -1.59. The Kier molecular flexibility index (Phi) is 11.1. The van der Waals surface area contributed by atoms with Crippen molar-refractivity contribution in [1.29, 1.82) is 0 Å². The van der Waals surface area contributed by atoms with E-state index in [1.54, 1.807) is 24.3 Å². The summed E-state index contributed by atoms with van der Waals surface area (Å²) in [5.41, 5.74) is 0.944. The van der Waals surface area contributed by atoms with E-state index in [0.29, 0.717) is 24.2 Å². The van der Waals surface area contributed by atoms with E-state index in [0.717, 1.165) is 43.4 Å². The largest absolute Gasteiger partial charge is 0.494 e. The average Bonchev–Trinajstić information content (AvgIpc) is 2.94. The second kappa shape index (κ2) is 14.7. The van der Waals surface area contributed by atoms with Crippen molar-refractivity contribution in [3.8, 4) is 35.2 Å². The van der Waals surface area contributed by atoms with Gasteiger partial charge in [0.15, 0.2) is 17.4 Å². The van der Waals surface area contributed by atoms with Crippen molar-refractivity contribution in [1.82, 2.24) is 0 Å². The van der Waals surface area contributed by atoms with E-state index in [1.807, 2.05) is 31.2 Å². The minimum Gasteiger partial charge on any atom is -0.494 e.